The number of carbonyl (C=O) groups is 10. The van der Waals surface area contributed by atoms with E-state index < -0.39 is 125 Å². The van der Waals surface area contributed by atoms with Crippen LogP contribution in [0.25, 0.3) is 10.9 Å². The van der Waals surface area contributed by atoms with Crippen LogP contribution >= 0.6 is 25.3 Å². The molecule has 1 saturated carbocycles. The normalized spacial score (nSPS) is 18.6. The van der Waals surface area contributed by atoms with E-state index in [1.54, 1.807) is 20.0 Å². The molecule has 2 aromatic rings. The van der Waals surface area contributed by atoms with Gasteiger partial charge in [0.25, 0.3) is 0 Å². The molecule has 23 nitrogen and oxygen atoms in total. The second kappa shape index (κ2) is 28.5. The van der Waals surface area contributed by atoms with E-state index in [0.29, 0.717) is 19.3 Å². The molecule has 2 heterocycles. The van der Waals surface area contributed by atoms with Crippen molar-refractivity contribution in [3.8, 4) is 0 Å². The zero-order chi connectivity index (χ0) is 54.0. The van der Waals surface area contributed by atoms with Gasteiger partial charge in [0.05, 0.1) is 19.1 Å². The highest BCUT2D eigenvalue weighted by Crippen LogP contribution is 2.36. The van der Waals surface area contributed by atoms with Crippen LogP contribution in [0.3, 0.4) is 0 Å². The lowest BCUT2D eigenvalue weighted by atomic mass is 9.85. The number of nitrogens with one attached hydrogen (secondary N) is 8. The summed E-state index contributed by atoms with van der Waals surface area (Å²) in [5.41, 5.74) is 17.8. The van der Waals surface area contributed by atoms with Crippen molar-refractivity contribution in [1.29, 1.82) is 0 Å². The number of fused-ring (bicyclic) bond motifs is 1. The van der Waals surface area contributed by atoms with E-state index >= 15 is 0 Å². The number of aliphatic hydroxyl groups excluding tert-OH is 1. The van der Waals surface area contributed by atoms with Crippen LogP contribution in [0.5, 0.6) is 0 Å². The first-order valence-electron chi connectivity index (χ1n) is 24.8. The van der Waals surface area contributed by atoms with Gasteiger partial charge < -0.3 is 69.4 Å². The van der Waals surface area contributed by atoms with Crippen LogP contribution in [0.4, 0.5) is 0 Å². The average Bonchev–Trinajstić information content (AvgIpc) is 4.01. The molecule has 1 aromatic carbocycles. The van der Waals surface area contributed by atoms with Crippen LogP contribution in [0.2, 0.25) is 0 Å². The Kier molecular flexibility index (Phi) is 23.3. The summed E-state index contributed by atoms with van der Waals surface area (Å²) in [7, 11) is 0. The second-order valence-electron chi connectivity index (χ2n) is 19.1. The predicted octanol–water partition coefficient (Wildman–Crippen LogP) is -1.79. The highest BCUT2D eigenvalue weighted by molar-refractivity contribution is 7.81. The molecule has 1 aliphatic heterocycles. The Bertz CT molecular complexity index is 2290. The van der Waals surface area contributed by atoms with Crippen molar-refractivity contribution >= 4 is 95.2 Å². The zero-order valence-corrected chi connectivity index (χ0v) is 43.5. The van der Waals surface area contributed by atoms with Crippen LogP contribution < -0.4 is 54.4 Å². The minimum Gasteiger partial charge on any atom is -0.391 e. The van der Waals surface area contributed by atoms with Crippen molar-refractivity contribution in [3.63, 3.8) is 0 Å². The molecule has 0 unspecified atom stereocenters. The van der Waals surface area contributed by atoms with E-state index in [1.165, 1.54) is 11.8 Å². The summed E-state index contributed by atoms with van der Waals surface area (Å²) in [5.74, 6) is -8.93. The van der Waals surface area contributed by atoms with E-state index in [1.807, 2.05) is 24.3 Å². The molecule has 0 spiro atoms. The number of amides is 10. The van der Waals surface area contributed by atoms with Gasteiger partial charge in [-0.1, -0.05) is 57.7 Å². The molecule has 1 aliphatic carbocycles. The van der Waals surface area contributed by atoms with E-state index in [4.69, 9.17) is 29.8 Å². The highest BCUT2D eigenvalue weighted by Gasteiger charge is 2.41. The standard InChI is InChI=1S/C48H74N12O11S2/c1-4-26(2)39(58-43(67)32(20-28-23-52-30-13-7-6-12-29(28)30)54-38(64)22-48(73)16-8-5-9-17-48)45(69)59-40(27(3)61)46(70)56-33(21-36(50)62)42(66)57-34(25-72)47(71)60-19-11-15-35(60)44(68)55-31(14-10-18-49)41(65)53-24-37(51)63/h6-7,12-13,23,26-27,31-35,39-40,52,61,72-73H,4-5,8-11,14-22,24-25,49H2,1-3H3,(H2,50,62)(H2,51,63)(H,53,65)(H,54,64)(H,55,68)(H,56,70)(H,57,66)(H,58,67)(H,59,69)/t26-,27+,31-,32+,33-,34+,35-,39-,40-/m0/s1. The number of H-pyrrole nitrogens is 1. The van der Waals surface area contributed by atoms with Crippen LogP contribution in [0.15, 0.2) is 30.5 Å². The lowest BCUT2D eigenvalue weighted by Gasteiger charge is -2.33. The number of hydrogen-bond acceptors (Lipinski definition) is 14. The monoisotopic (exact) mass is 1060 g/mol. The number of aromatic nitrogens is 1. The predicted molar refractivity (Wildman–Crippen MR) is 277 cm³/mol. The van der Waals surface area contributed by atoms with E-state index in [9.17, 15) is 53.1 Å². The summed E-state index contributed by atoms with van der Waals surface area (Å²) in [6.45, 7) is 4.49. The molecule has 2 fully saturated rings. The van der Waals surface area contributed by atoms with Gasteiger partial charge in [0.15, 0.2) is 0 Å². The number of carbonyl (C=O) groups excluding carboxylic acids is 10. The summed E-state index contributed by atoms with van der Waals surface area (Å²) < 4.78 is -0.534. The summed E-state index contributed by atoms with van der Waals surface area (Å²) in [5, 5.41) is 29.6. The molecule has 73 heavy (non-hydrogen) atoms. The Morgan fingerprint density at radius 3 is 2.07 bits per heavy atom. The fourth-order valence-electron chi connectivity index (χ4n) is 9.05. The quantitative estimate of drug-likeness (QED) is 0.0420. The molecule has 1 saturated heterocycles. The van der Waals surface area contributed by atoms with Crippen LogP contribution in [-0.2, 0) is 54.4 Å². The molecular formula is C48H74N12O11S2. The van der Waals surface area contributed by atoms with Gasteiger partial charge in [0.1, 0.15) is 42.3 Å². The fourth-order valence-corrected chi connectivity index (χ4v) is 9.76. The summed E-state index contributed by atoms with van der Waals surface area (Å²) in [4.78, 5) is 138. The smallest absolute Gasteiger partial charge is 0.246 e. The third-order valence-corrected chi connectivity index (χ3v) is 14.3. The van der Waals surface area contributed by atoms with Crippen LogP contribution in [0, 0.1) is 5.92 Å². The molecular weight excluding hydrogens is 985 g/mol. The number of nitrogens with two attached hydrogens (primary N) is 3. The Hall–Kier alpha value is -5.92. The SMILES string of the molecule is CC[C@H](C)[C@H](NC(=O)[C@@H](Cc1c[nH]c2ccccc12)NC(=O)CC1(S)CCCCC1)C(=O)N[C@H](C(=O)N[C@@H](CC(N)=O)C(=O)N[C@H](CS)C(=O)N1CCC[C@H]1C(=O)N[C@@H](CCCN)C(=O)NCC(N)=O)[C@@H](C)O. The molecule has 1 aromatic heterocycles. The maximum absolute atomic E-state index is 14.3. The lowest BCUT2D eigenvalue weighted by Crippen LogP contribution is -2.63. The maximum Gasteiger partial charge on any atom is 0.246 e. The Morgan fingerprint density at radius 2 is 1.44 bits per heavy atom. The Balaban J connectivity index is 1.48. The number of benzene rings is 1. The van der Waals surface area contributed by atoms with Crippen LogP contribution in [0.1, 0.15) is 103 Å². The van der Waals surface area contributed by atoms with Crippen molar-refractivity contribution in [1.82, 2.24) is 47.1 Å². The third kappa shape index (κ3) is 17.6. The average molecular weight is 1060 g/mol. The molecule has 15 N–H and O–H groups in total. The molecule has 9 atom stereocenters. The Morgan fingerprint density at radius 1 is 0.795 bits per heavy atom. The van der Waals surface area contributed by atoms with Crippen molar-refractivity contribution in [2.24, 2.45) is 23.1 Å². The molecule has 25 heteroatoms. The van der Waals surface area contributed by atoms with Gasteiger partial charge in [0.2, 0.25) is 59.1 Å². The molecule has 2 aliphatic rings. The summed E-state index contributed by atoms with van der Waals surface area (Å²) in [6.07, 6.45) is 5.29. The number of rotatable bonds is 28. The van der Waals surface area contributed by atoms with Crippen molar-refractivity contribution < 1.29 is 53.1 Å². The largest absolute Gasteiger partial charge is 0.391 e. The van der Waals surface area contributed by atoms with Gasteiger partial charge in [-0.3, -0.25) is 47.9 Å². The summed E-state index contributed by atoms with van der Waals surface area (Å²) >= 11 is 9.10. The number of para-hydroxylation sites is 1. The van der Waals surface area contributed by atoms with Gasteiger partial charge in [-0.25, -0.2) is 0 Å². The number of aliphatic hydroxyl groups is 1. The van der Waals surface area contributed by atoms with Crippen molar-refractivity contribution in [2.45, 2.75) is 157 Å². The van der Waals surface area contributed by atoms with E-state index in [2.05, 4.69) is 54.8 Å². The van der Waals surface area contributed by atoms with E-state index in [-0.39, 0.29) is 50.4 Å². The van der Waals surface area contributed by atoms with E-state index in [0.717, 1.165) is 48.6 Å². The van der Waals surface area contributed by atoms with Crippen molar-refractivity contribution in [2.75, 3.05) is 25.4 Å². The summed E-state index contributed by atoms with van der Waals surface area (Å²) in [6, 6.07) is -2.09. The minimum absolute atomic E-state index is 0.0581. The number of hydrogen-bond donors (Lipinski definition) is 14. The van der Waals surface area contributed by atoms with Gasteiger partial charge in [-0.05, 0) is 69.5 Å². The maximum atomic E-state index is 14.3. The molecule has 0 bridgehead atoms. The zero-order valence-electron chi connectivity index (χ0n) is 41.7. The molecule has 4 rings (SSSR count). The fraction of sp³-hybridized carbons (Fsp3) is 0.625. The number of aromatic amines is 1. The number of likely N-dealkylation sites (tertiary alicyclic amines) is 1. The highest BCUT2D eigenvalue weighted by atomic mass is 32.1. The minimum atomic E-state index is -1.76. The second-order valence-corrected chi connectivity index (χ2v) is 20.4. The Labute approximate surface area is 435 Å². The number of primary amides is 2. The van der Waals surface area contributed by atoms with Crippen LogP contribution in [-0.4, -0.2) is 153 Å². The van der Waals surface area contributed by atoms with Gasteiger partial charge in [-0.15, -0.1) is 0 Å². The van der Waals surface area contributed by atoms with Crippen molar-refractivity contribution in [3.05, 3.63) is 36.0 Å². The van der Waals surface area contributed by atoms with Gasteiger partial charge in [-0.2, -0.15) is 25.3 Å². The van der Waals surface area contributed by atoms with Gasteiger partial charge >= 0.3 is 0 Å². The van der Waals surface area contributed by atoms with Gasteiger partial charge in [0, 0.05) is 47.0 Å². The molecule has 0 radical (unpaired) electrons. The lowest BCUT2D eigenvalue weighted by molar-refractivity contribution is -0.142. The third-order valence-electron chi connectivity index (χ3n) is 13.3. The topological polar surface area (TPSA) is 372 Å². The first-order valence-corrected chi connectivity index (χ1v) is 25.9. The first-order chi connectivity index (χ1) is 34.6. The number of thiol groups is 2. The molecule has 10 amide bonds. The molecule has 404 valence electrons. The number of nitrogens with zero attached hydrogens (tertiary/aromatic N) is 1. The first kappa shape index (κ1) is 59.6.